The molecule has 1 heterocycles. The van der Waals surface area contributed by atoms with Crippen molar-refractivity contribution in [3.8, 4) is 0 Å². The van der Waals surface area contributed by atoms with Crippen LogP contribution in [0.4, 0.5) is 4.39 Å². The lowest BCUT2D eigenvalue weighted by Crippen LogP contribution is -2.52. The first-order valence-corrected chi connectivity index (χ1v) is 11.5. The topological polar surface area (TPSA) is 66.5 Å². The normalized spacial score (nSPS) is 16.5. The SMILES string of the molecule is Cc1ccc(S(=O)(=O)N2Cc3ccccc3C[C@@H]2C(=O)NCc2ccc(F)cc2)cc1. The van der Waals surface area contributed by atoms with Gasteiger partial charge in [-0.05, 0) is 54.3 Å². The van der Waals surface area contributed by atoms with E-state index in [0.29, 0.717) is 0 Å². The minimum atomic E-state index is -3.88. The maximum absolute atomic E-state index is 13.4. The van der Waals surface area contributed by atoms with Crippen molar-refractivity contribution in [2.24, 2.45) is 0 Å². The first-order chi connectivity index (χ1) is 14.8. The van der Waals surface area contributed by atoms with Gasteiger partial charge in [-0.2, -0.15) is 4.31 Å². The number of halogens is 1. The Balaban J connectivity index is 1.63. The van der Waals surface area contributed by atoms with Gasteiger partial charge in [-0.3, -0.25) is 4.79 Å². The number of carbonyl (C=O) groups is 1. The second-order valence-electron chi connectivity index (χ2n) is 7.70. The first-order valence-electron chi connectivity index (χ1n) is 10.0. The zero-order chi connectivity index (χ0) is 22.0. The summed E-state index contributed by atoms with van der Waals surface area (Å²) >= 11 is 0. The Morgan fingerprint density at radius 3 is 2.32 bits per heavy atom. The number of sulfonamides is 1. The van der Waals surface area contributed by atoms with Gasteiger partial charge in [-0.1, -0.05) is 54.1 Å². The Morgan fingerprint density at radius 2 is 1.65 bits per heavy atom. The van der Waals surface area contributed by atoms with Crippen molar-refractivity contribution >= 4 is 15.9 Å². The Bertz CT molecular complexity index is 1190. The van der Waals surface area contributed by atoms with E-state index in [-0.39, 0.29) is 36.1 Å². The fourth-order valence-electron chi connectivity index (χ4n) is 3.73. The quantitative estimate of drug-likeness (QED) is 0.662. The minimum absolute atomic E-state index is 0.126. The maximum atomic E-state index is 13.4. The molecule has 160 valence electrons. The fourth-order valence-corrected chi connectivity index (χ4v) is 5.30. The number of benzene rings is 3. The highest BCUT2D eigenvalue weighted by Crippen LogP contribution is 2.29. The van der Waals surface area contributed by atoms with E-state index in [0.717, 1.165) is 22.3 Å². The van der Waals surface area contributed by atoms with Crippen LogP contribution in [-0.2, 0) is 34.3 Å². The lowest BCUT2D eigenvalue weighted by Gasteiger charge is -2.35. The number of carbonyl (C=O) groups excluding carboxylic acids is 1. The van der Waals surface area contributed by atoms with Gasteiger partial charge in [0, 0.05) is 13.1 Å². The van der Waals surface area contributed by atoms with Crippen LogP contribution in [0.3, 0.4) is 0 Å². The van der Waals surface area contributed by atoms with E-state index in [1.807, 2.05) is 31.2 Å². The average Bonchev–Trinajstić information content (AvgIpc) is 2.78. The van der Waals surface area contributed by atoms with Crippen molar-refractivity contribution in [1.82, 2.24) is 9.62 Å². The van der Waals surface area contributed by atoms with E-state index >= 15 is 0 Å². The Kier molecular flexibility index (Phi) is 5.89. The standard InChI is InChI=1S/C24H23FN2O3S/c1-17-6-12-22(13-7-17)31(29,30)27-16-20-5-3-2-4-19(20)14-23(27)24(28)26-15-18-8-10-21(25)11-9-18/h2-13,23H,14-16H2,1H3,(H,26,28)/t23-/m1/s1. The van der Waals surface area contributed by atoms with Crippen molar-refractivity contribution in [3.63, 3.8) is 0 Å². The monoisotopic (exact) mass is 438 g/mol. The largest absolute Gasteiger partial charge is 0.351 e. The molecule has 1 aliphatic heterocycles. The summed E-state index contributed by atoms with van der Waals surface area (Å²) in [5.74, 6) is -0.733. The van der Waals surface area contributed by atoms with Gasteiger partial charge in [0.05, 0.1) is 4.90 Å². The molecule has 1 amide bonds. The molecule has 4 rings (SSSR count). The summed E-state index contributed by atoms with van der Waals surface area (Å²) in [7, 11) is -3.88. The predicted molar refractivity (Wildman–Crippen MR) is 116 cm³/mol. The van der Waals surface area contributed by atoms with Gasteiger partial charge in [0.2, 0.25) is 15.9 Å². The molecule has 0 aromatic heterocycles. The molecule has 0 saturated heterocycles. The summed E-state index contributed by atoms with van der Waals surface area (Å²) in [6.45, 7) is 2.20. The van der Waals surface area contributed by atoms with Crippen molar-refractivity contribution in [1.29, 1.82) is 0 Å². The highest BCUT2D eigenvalue weighted by atomic mass is 32.2. The molecular weight excluding hydrogens is 415 g/mol. The zero-order valence-electron chi connectivity index (χ0n) is 17.1. The second-order valence-corrected chi connectivity index (χ2v) is 9.59. The van der Waals surface area contributed by atoms with Crippen LogP contribution in [0.1, 0.15) is 22.3 Å². The van der Waals surface area contributed by atoms with Crippen LogP contribution in [-0.4, -0.2) is 24.7 Å². The van der Waals surface area contributed by atoms with E-state index in [1.54, 1.807) is 36.4 Å². The number of aryl methyl sites for hydroxylation is 1. The van der Waals surface area contributed by atoms with Crippen molar-refractivity contribution in [2.75, 3.05) is 0 Å². The van der Waals surface area contributed by atoms with E-state index < -0.39 is 16.1 Å². The summed E-state index contributed by atoms with van der Waals surface area (Å²) in [4.78, 5) is 13.3. The van der Waals surface area contributed by atoms with E-state index in [1.165, 1.54) is 16.4 Å². The molecule has 31 heavy (non-hydrogen) atoms. The van der Waals surface area contributed by atoms with Gasteiger partial charge >= 0.3 is 0 Å². The second kappa shape index (κ2) is 8.61. The Labute approximate surface area is 181 Å². The van der Waals surface area contributed by atoms with Gasteiger partial charge in [0.1, 0.15) is 11.9 Å². The van der Waals surface area contributed by atoms with E-state index in [2.05, 4.69) is 5.32 Å². The molecule has 3 aromatic carbocycles. The Hall–Kier alpha value is -3.03. The number of hydrogen-bond acceptors (Lipinski definition) is 3. The van der Waals surface area contributed by atoms with E-state index in [4.69, 9.17) is 0 Å². The van der Waals surface area contributed by atoms with Gasteiger partial charge in [0.15, 0.2) is 0 Å². The molecule has 7 heteroatoms. The summed E-state index contributed by atoms with van der Waals surface area (Å²) in [6.07, 6.45) is 0.288. The van der Waals surface area contributed by atoms with Crippen LogP contribution in [0.15, 0.2) is 77.7 Å². The summed E-state index contributed by atoms with van der Waals surface area (Å²) in [5.41, 5.74) is 3.54. The molecule has 0 bridgehead atoms. The van der Waals surface area contributed by atoms with Gasteiger partial charge < -0.3 is 5.32 Å². The average molecular weight is 439 g/mol. The van der Waals surface area contributed by atoms with Crippen molar-refractivity contribution < 1.29 is 17.6 Å². The van der Waals surface area contributed by atoms with Gasteiger partial charge in [-0.15, -0.1) is 0 Å². The molecule has 0 spiro atoms. The minimum Gasteiger partial charge on any atom is -0.351 e. The maximum Gasteiger partial charge on any atom is 0.244 e. The molecule has 0 fully saturated rings. The van der Waals surface area contributed by atoms with Crippen LogP contribution in [0.2, 0.25) is 0 Å². The number of nitrogens with one attached hydrogen (secondary N) is 1. The molecule has 0 unspecified atom stereocenters. The number of amides is 1. The highest BCUT2D eigenvalue weighted by molar-refractivity contribution is 7.89. The fraction of sp³-hybridized carbons (Fsp3) is 0.208. The van der Waals surface area contributed by atoms with E-state index in [9.17, 15) is 17.6 Å². The molecule has 1 atom stereocenters. The van der Waals surface area contributed by atoms with Crippen LogP contribution in [0.5, 0.6) is 0 Å². The molecular formula is C24H23FN2O3S. The molecule has 1 aliphatic rings. The third-order valence-corrected chi connectivity index (χ3v) is 7.38. The van der Waals surface area contributed by atoms with Gasteiger partial charge in [0.25, 0.3) is 0 Å². The predicted octanol–water partition coefficient (Wildman–Crippen LogP) is 3.57. The molecule has 0 saturated carbocycles. The molecule has 0 radical (unpaired) electrons. The van der Waals surface area contributed by atoms with Crippen molar-refractivity contribution in [3.05, 3.63) is 101 Å². The lowest BCUT2D eigenvalue weighted by atomic mass is 9.95. The van der Waals surface area contributed by atoms with Crippen LogP contribution >= 0.6 is 0 Å². The van der Waals surface area contributed by atoms with Crippen LogP contribution < -0.4 is 5.32 Å². The summed E-state index contributed by atoms with van der Waals surface area (Å²) < 4.78 is 41.3. The summed E-state index contributed by atoms with van der Waals surface area (Å²) in [6, 6.07) is 19.1. The molecule has 3 aromatic rings. The van der Waals surface area contributed by atoms with Crippen molar-refractivity contribution in [2.45, 2.75) is 37.4 Å². The lowest BCUT2D eigenvalue weighted by molar-refractivity contribution is -0.125. The third-order valence-electron chi connectivity index (χ3n) is 5.52. The van der Waals surface area contributed by atoms with Gasteiger partial charge in [-0.25, -0.2) is 12.8 Å². The first kappa shape index (κ1) is 21.2. The number of nitrogens with zero attached hydrogens (tertiary/aromatic N) is 1. The number of hydrogen-bond donors (Lipinski definition) is 1. The smallest absolute Gasteiger partial charge is 0.244 e. The Morgan fingerprint density at radius 1 is 1.00 bits per heavy atom. The molecule has 1 N–H and O–H groups in total. The molecule has 0 aliphatic carbocycles. The third kappa shape index (κ3) is 4.52. The zero-order valence-corrected chi connectivity index (χ0v) is 17.9. The number of rotatable bonds is 5. The summed E-state index contributed by atoms with van der Waals surface area (Å²) in [5, 5.41) is 2.81. The van der Waals surface area contributed by atoms with Crippen LogP contribution in [0, 0.1) is 12.7 Å². The highest BCUT2D eigenvalue weighted by Gasteiger charge is 2.39. The number of fused-ring (bicyclic) bond motifs is 1. The molecule has 5 nitrogen and oxygen atoms in total. The van der Waals surface area contributed by atoms with Crippen LogP contribution in [0.25, 0.3) is 0 Å².